The Morgan fingerprint density at radius 3 is 1.68 bits per heavy atom. The average Bonchev–Trinajstić information content (AvgIpc) is 2.70. The predicted octanol–water partition coefficient (Wildman–Crippen LogP) is 7.29. The SMILES string of the molecule is CCCCCCCCCCCCCCCCNCCC(N)c1ccc(F)cc1. The number of unbranched alkanes of at least 4 members (excludes halogenated alkanes) is 13. The van der Waals surface area contributed by atoms with Gasteiger partial charge in [-0.3, -0.25) is 0 Å². The third-order valence-corrected chi connectivity index (χ3v) is 5.64. The van der Waals surface area contributed by atoms with Crippen molar-refractivity contribution in [1.82, 2.24) is 5.32 Å². The predicted molar refractivity (Wildman–Crippen MR) is 121 cm³/mol. The molecule has 0 aliphatic rings. The summed E-state index contributed by atoms with van der Waals surface area (Å²) in [5.41, 5.74) is 7.16. The van der Waals surface area contributed by atoms with Crippen molar-refractivity contribution in [1.29, 1.82) is 0 Å². The van der Waals surface area contributed by atoms with Gasteiger partial charge in [0, 0.05) is 6.04 Å². The summed E-state index contributed by atoms with van der Waals surface area (Å²) in [4.78, 5) is 0. The van der Waals surface area contributed by atoms with Gasteiger partial charge >= 0.3 is 0 Å². The number of hydrogen-bond acceptors (Lipinski definition) is 2. The highest BCUT2D eigenvalue weighted by Crippen LogP contribution is 2.14. The lowest BCUT2D eigenvalue weighted by atomic mass is 10.0. The molecule has 3 heteroatoms. The van der Waals surface area contributed by atoms with Crippen molar-refractivity contribution >= 4 is 0 Å². The van der Waals surface area contributed by atoms with E-state index in [0.29, 0.717) is 0 Å². The van der Waals surface area contributed by atoms with E-state index in [0.717, 1.165) is 25.1 Å². The maximum Gasteiger partial charge on any atom is 0.123 e. The van der Waals surface area contributed by atoms with E-state index in [2.05, 4.69) is 12.2 Å². The summed E-state index contributed by atoms with van der Waals surface area (Å²) in [7, 11) is 0. The smallest absolute Gasteiger partial charge is 0.123 e. The Kier molecular flexibility index (Phi) is 16.2. The number of rotatable bonds is 19. The van der Waals surface area contributed by atoms with E-state index < -0.39 is 0 Å². The van der Waals surface area contributed by atoms with Crippen LogP contribution in [0.2, 0.25) is 0 Å². The fraction of sp³-hybridized carbons (Fsp3) is 0.760. The van der Waals surface area contributed by atoms with Crippen LogP contribution in [0.3, 0.4) is 0 Å². The van der Waals surface area contributed by atoms with Gasteiger partial charge in [0.1, 0.15) is 5.82 Å². The summed E-state index contributed by atoms with van der Waals surface area (Å²) in [6, 6.07) is 6.53. The molecule has 28 heavy (non-hydrogen) atoms. The molecule has 1 unspecified atom stereocenters. The maximum absolute atomic E-state index is 12.9. The fourth-order valence-corrected chi connectivity index (χ4v) is 3.70. The average molecular weight is 393 g/mol. The molecule has 0 fully saturated rings. The normalized spacial score (nSPS) is 12.4. The van der Waals surface area contributed by atoms with Crippen molar-refractivity contribution in [2.75, 3.05) is 13.1 Å². The van der Waals surface area contributed by atoms with Crippen LogP contribution in [0, 0.1) is 5.82 Å². The van der Waals surface area contributed by atoms with Crippen molar-refractivity contribution in [2.24, 2.45) is 5.73 Å². The van der Waals surface area contributed by atoms with E-state index in [1.165, 1.54) is 102 Å². The van der Waals surface area contributed by atoms with Crippen LogP contribution in [0.5, 0.6) is 0 Å². The van der Waals surface area contributed by atoms with Gasteiger partial charge in [0.15, 0.2) is 0 Å². The second kappa shape index (κ2) is 18.1. The van der Waals surface area contributed by atoms with E-state index in [4.69, 9.17) is 5.73 Å². The summed E-state index contributed by atoms with van der Waals surface area (Å²) < 4.78 is 12.9. The molecular weight excluding hydrogens is 347 g/mol. The molecule has 0 aliphatic carbocycles. The number of hydrogen-bond donors (Lipinski definition) is 2. The first-order valence-electron chi connectivity index (χ1n) is 12.0. The van der Waals surface area contributed by atoms with Gasteiger partial charge in [-0.2, -0.15) is 0 Å². The van der Waals surface area contributed by atoms with Crippen molar-refractivity contribution in [3.63, 3.8) is 0 Å². The number of halogens is 1. The minimum absolute atomic E-state index is 0.00978. The van der Waals surface area contributed by atoms with Gasteiger partial charge in [0.05, 0.1) is 0 Å². The molecule has 0 heterocycles. The Balaban J connectivity index is 1.78. The molecule has 0 bridgehead atoms. The summed E-state index contributed by atoms with van der Waals surface area (Å²) in [5.74, 6) is -0.202. The highest BCUT2D eigenvalue weighted by Gasteiger charge is 2.05. The van der Waals surface area contributed by atoms with E-state index in [9.17, 15) is 4.39 Å². The largest absolute Gasteiger partial charge is 0.324 e. The molecule has 0 radical (unpaired) electrons. The van der Waals surface area contributed by atoms with Crippen LogP contribution in [0.1, 0.15) is 115 Å². The van der Waals surface area contributed by atoms with Gasteiger partial charge in [0.2, 0.25) is 0 Å². The topological polar surface area (TPSA) is 38.0 Å². The zero-order valence-corrected chi connectivity index (χ0v) is 18.4. The molecule has 162 valence electrons. The van der Waals surface area contributed by atoms with Crippen LogP contribution in [0.25, 0.3) is 0 Å². The standard InChI is InChI=1S/C25H45FN2/c1-2-3-4-5-6-7-8-9-10-11-12-13-14-15-21-28-22-20-25(27)23-16-18-24(26)19-17-23/h16-19,25,28H,2-15,20-22,27H2,1H3. The molecule has 0 spiro atoms. The van der Waals surface area contributed by atoms with Gasteiger partial charge in [0.25, 0.3) is 0 Å². The second-order valence-corrected chi connectivity index (χ2v) is 8.29. The van der Waals surface area contributed by atoms with Crippen LogP contribution in [-0.4, -0.2) is 13.1 Å². The molecule has 0 amide bonds. The summed E-state index contributed by atoms with van der Waals surface area (Å²) in [6.45, 7) is 4.29. The minimum Gasteiger partial charge on any atom is -0.324 e. The third-order valence-electron chi connectivity index (χ3n) is 5.64. The Morgan fingerprint density at radius 1 is 0.714 bits per heavy atom. The number of nitrogens with two attached hydrogens (primary N) is 1. The molecule has 1 aromatic rings. The van der Waals surface area contributed by atoms with Gasteiger partial charge in [-0.15, -0.1) is 0 Å². The second-order valence-electron chi connectivity index (χ2n) is 8.29. The Morgan fingerprint density at radius 2 is 1.18 bits per heavy atom. The van der Waals surface area contributed by atoms with E-state index in [1.54, 1.807) is 12.1 Å². The van der Waals surface area contributed by atoms with E-state index in [1.807, 2.05) is 0 Å². The van der Waals surface area contributed by atoms with Crippen LogP contribution in [0.15, 0.2) is 24.3 Å². The lowest BCUT2D eigenvalue weighted by Crippen LogP contribution is -2.22. The zero-order chi connectivity index (χ0) is 20.3. The molecule has 1 atom stereocenters. The van der Waals surface area contributed by atoms with Gasteiger partial charge in [-0.25, -0.2) is 4.39 Å². The fourth-order valence-electron chi connectivity index (χ4n) is 3.70. The lowest BCUT2D eigenvalue weighted by Gasteiger charge is -2.12. The van der Waals surface area contributed by atoms with Crippen LogP contribution < -0.4 is 11.1 Å². The summed E-state index contributed by atoms with van der Waals surface area (Å²) >= 11 is 0. The number of nitrogens with one attached hydrogen (secondary N) is 1. The first kappa shape index (κ1) is 25.1. The van der Waals surface area contributed by atoms with Crippen molar-refractivity contribution in [3.05, 3.63) is 35.6 Å². The first-order valence-corrected chi connectivity index (χ1v) is 12.0. The Hall–Kier alpha value is -0.930. The summed E-state index contributed by atoms with van der Waals surface area (Å²) in [6.07, 6.45) is 20.5. The molecule has 0 saturated heterocycles. The van der Waals surface area contributed by atoms with Gasteiger partial charge in [-0.1, -0.05) is 103 Å². The van der Waals surface area contributed by atoms with Gasteiger partial charge < -0.3 is 11.1 Å². The van der Waals surface area contributed by atoms with Crippen LogP contribution in [-0.2, 0) is 0 Å². The highest BCUT2D eigenvalue weighted by atomic mass is 19.1. The number of benzene rings is 1. The monoisotopic (exact) mass is 392 g/mol. The molecule has 0 saturated carbocycles. The molecule has 1 aromatic carbocycles. The zero-order valence-electron chi connectivity index (χ0n) is 18.4. The first-order chi connectivity index (χ1) is 13.7. The van der Waals surface area contributed by atoms with E-state index in [-0.39, 0.29) is 11.9 Å². The van der Waals surface area contributed by atoms with Crippen molar-refractivity contribution < 1.29 is 4.39 Å². The molecule has 0 aliphatic heterocycles. The summed E-state index contributed by atoms with van der Waals surface area (Å²) in [5, 5.41) is 3.49. The van der Waals surface area contributed by atoms with E-state index >= 15 is 0 Å². The molecular formula is C25H45FN2. The maximum atomic E-state index is 12.9. The Bertz CT molecular complexity index is 446. The van der Waals surface area contributed by atoms with Crippen LogP contribution >= 0.6 is 0 Å². The van der Waals surface area contributed by atoms with Crippen molar-refractivity contribution in [3.8, 4) is 0 Å². The minimum atomic E-state index is -0.202. The lowest BCUT2D eigenvalue weighted by molar-refractivity contribution is 0.522. The molecule has 3 N–H and O–H groups in total. The van der Waals surface area contributed by atoms with Crippen LogP contribution in [0.4, 0.5) is 4.39 Å². The third kappa shape index (κ3) is 14.1. The molecule has 2 nitrogen and oxygen atoms in total. The quantitative estimate of drug-likeness (QED) is 0.243. The Labute approximate surface area is 173 Å². The highest BCUT2D eigenvalue weighted by molar-refractivity contribution is 5.19. The van der Waals surface area contributed by atoms with Crippen molar-refractivity contribution in [2.45, 2.75) is 109 Å². The molecule has 0 aromatic heterocycles. The van der Waals surface area contributed by atoms with Gasteiger partial charge in [-0.05, 0) is 43.6 Å². The molecule has 1 rings (SSSR count).